The van der Waals surface area contributed by atoms with E-state index in [2.05, 4.69) is 16.3 Å². The van der Waals surface area contributed by atoms with Crippen LogP contribution in [0.25, 0.3) is 0 Å². The summed E-state index contributed by atoms with van der Waals surface area (Å²) in [4.78, 5) is 0. The molecule has 10 heteroatoms. The summed E-state index contributed by atoms with van der Waals surface area (Å²) in [6, 6.07) is 9.46. The molecule has 1 aromatic heterocycles. The number of hydrogen-bond donors (Lipinski definition) is 4. The number of nitriles is 1. The first-order valence-corrected chi connectivity index (χ1v) is 10.1. The third-order valence-electron chi connectivity index (χ3n) is 5.40. The molecule has 2 heterocycles. The van der Waals surface area contributed by atoms with Gasteiger partial charge in [0.15, 0.2) is 6.23 Å². The fourth-order valence-corrected chi connectivity index (χ4v) is 3.98. The standard InChI is InChI=1S/C21H24N4O5S/c1-10-4-6-13(7-5-10)23-24-16-11(2)14(8-22)21(31)25(12(16)3)20-19(29)18(28)17(27)15(9-26)30-20/h4-7,15,17-20,26-29H,9H2,1-3H3/t15-,17+,18+,19+,20-/m0/s1. The smallest absolute Gasteiger partial charge is 0.164 e. The summed E-state index contributed by atoms with van der Waals surface area (Å²) in [5.74, 6) is 0. The Labute approximate surface area is 184 Å². The first-order chi connectivity index (χ1) is 14.7. The number of rotatable bonds is 4. The number of aliphatic hydroxyl groups excluding tert-OH is 4. The van der Waals surface area contributed by atoms with Crippen LogP contribution in [0.5, 0.6) is 0 Å². The Hall–Kier alpha value is -2.52. The van der Waals surface area contributed by atoms with Crippen molar-refractivity contribution in [3.05, 3.63) is 51.3 Å². The molecule has 1 saturated heterocycles. The van der Waals surface area contributed by atoms with E-state index in [1.54, 1.807) is 13.8 Å². The molecule has 2 aromatic rings. The number of benzene rings is 1. The fraction of sp³-hybridized carbons (Fsp3) is 0.429. The molecule has 5 atom stereocenters. The van der Waals surface area contributed by atoms with E-state index in [1.807, 2.05) is 31.2 Å². The van der Waals surface area contributed by atoms with E-state index < -0.39 is 37.3 Å². The second-order valence-electron chi connectivity index (χ2n) is 7.48. The van der Waals surface area contributed by atoms with Crippen LogP contribution in [-0.4, -0.2) is 56.0 Å². The lowest BCUT2D eigenvalue weighted by Gasteiger charge is -2.41. The molecule has 1 aliphatic heterocycles. The van der Waals surface area contributed by atoms with E-state index in [9.17, 15) is 25.7 Å². The number of aryl methyl sites for hydroxylation is 1. The second-order valence-corrected chi connectivity index (χ2v) is 7.86. The third kappa shape index (κ3) is 4.29. The van der Waals surface area contributed by atoms with Gasteiger partial charge in [-0.2, -0.15) is 10.4 Å². The van der Waals surface area contributed by atoms with Gasteiger partial charge < -0.3 is 29.7 Å². The van der Waals surface area contributed by atoms with Gasteiger partial charge in [-0.15, -0.1) is 5.11 Å². The molecule has 0 spiro atoms. The molecule has 1 aromatic carbocycles. The summed E-state index contributed by atoms with van der Waals surface area (Å²) in [7, 11) is 0. The van der Waals surface area contributed by atoms with Crippen molar-refractivity contribution in [3.8, 4) is 6.07 Å². The maximum atomic E-state index is 10.6. The Kier molecular flexibility index (Phi) is 6.96. The highest BCUT2D eigenvalue weighted by Crippen LogP contribution is 2.36. The van der Waals surface area contributed by atoms with E-state index in [1.165, 1.54) is 4.57 Å². The van der Waals surface area contributed by atoms with Gasteiger partial charge in [0, 0.05) is 5.69 Å². The van der Waals surface area contributed by atoms with Gasteiger partial charge in [-0.1, -0.05) is 29.9 Å². The largest absolute Gasteiger partial charge is 0.394 e. The van der Waals surface area contributed by atoms with Crippen molar-refractivity contribution in [2.45, 2.75) is 51.4 Å². The minimum atomic E-state index is -1.58. The first-order valence-electron chi connectivity index (χ1n) is 9.66. The predicted molar refractivity (Wildman–Crippen MR) is 114 cm³/mol. The number of pyridine rings is 1. The van der Waals surface area contributed by atoms with Crippen molar-refractivity contribution in [1.82, 2.24) is 4.57 Å². The highest BCUT2D eigenvalue weighted by Gasteiger charge is 2.45. The third-order valence-corrected chi connectivity index (χ3v) is 5.80. The molecule has 0 amide bonds. The first kappa shape index (κ1) is 23.1. The Balaban J connectivity index is 2.15. The number of aromatic nitrogens is 1. The highest BCUT2D eigenvalue weighted by atomic mass is 32.1. The zero-order chi connectivity index (χ0) is 22.9. The minimum absolute atomic E-state index is 0.0797. The lowest BCUT2D eigenvalue weighted by atomic mass is 9.97. The summed E-state index contributed by atoms with van der Waals surface area (Å²) in [5, 5.41) is 58.6. The van der Waals surface area contributed by atoms with Crippen molar-refractivity contribution in [2.75, 3.05) is 6.61 Å². The molecule has 0 radical (unpaired) electrons. The quantitative estimate of drug-likeness (QED) is 0.419. The lowest BCUT2D eigenvalue weighted by Crippen LogP contribution is -2.56. The summed E-state index contributed by atoms with van der Waals surface area (Å²) < 4.78 is 7.10. The minimum Gasteiger partial charge on any atom is -0.394 e. The van der Waals surface area contributed by atoms with Gasteiger partial charge in [0.2, 0.25) is 0 Å². The van der Waals surface area contributed by atoms with Gasteiger partial charge in [-0.3, -0.25) is 0 Å². The summed E-state index contributed by atoms with van der Waals surface area (Å²) in [6.07, 6.45) is -7.01. The zero-order valence-electron chi connectivity index (χ0n) is 17.3. The Morgan fingerprint density at radius 2 is 1.71 bits per heavy atom. The van der Waals surface area contributed by atoms with E-state index >= 15 is 0 Å². The fourth-order valence-electron chi connectivity index (χ4n) is 3.54. The molecular weight excluding hydrogens is 420 g/mol. The van der Waals surface area contributed by atoms with Crippen LogP contribution in [0.4, 0.5) is 11.4 Å². The number of ether oxygens (including phenoxy) is 1. The molecule has 0 saturated carbocycles. The molecule has 164 valence electrons. The molecule has 3 rings (SSSR count). The molecule has 0 aliphatic carbocycles. The van der Waals surface area contributed by atoms with Crippen molar-refractivity contribution in [1.29, 1.82) is 5.26 Å². The Morgan fingerprint density at radius 1 is 1.06 bits per heavy atom. The summed E-state index contributed by atoms with van der Waals surface area (Å²) >= 11 is 5.46. The van der Waals surface area contributed by atoms with E-state index in [0.717, 1.165) is 5.56 Å². The van der Waals surface area contributed by atoms with E-state index in [4.69, 9.17) is 17.0 Å². The van der Waals surface area contributed by atoms with Crippen LogP contribution in [0, 0.1) is 36.7 Å². The molecule has 0 bridgehead atoms. The van der Waals surface area contributed by atoms with Gasteiger partial charge in [-0.05, 0) is 38.5 Å². The molecule has 1 aliphatic rings. The highest BCUT2D eigenvalue weighted by molar-refractivity contribution is 7.71. The lowest BCUT2D eigenvalue weighted by molar-refractivity contribution is -0.252. The van der Waals surface area contributed by atoms with E-state index in [0.29, 0.717) is 22.6 Å². The average Bonchev–Trinajstić information content (AvgIpc) is 2.75. The predicted octanol–water partition coefficient (Wildman–Crippen LogP) is 2.40. The second kappa shape index (κ2) is 9.32. The van der Waals surface area contributed by atoms with Crippen LogP contribution in [0.15, 0.2) is 34.5 Å². The molecule has 0 unspecified atom stereocenters. The Bertz CT molecular complexity index is 1090. The average molecular weight is 445 g/mol. The van der Waals surface area contributed by atoms with Gasteiger partial charge in [0.05, 0.1) is 17.9 Å². The normalized spacial score (nSPS) is 26.2. The maximum Gasteiger partial charge on any atom is 0.164 e. The molecule has 1 fully saturated rings. The van der Waals surface area contributed by atoms with Crippen LogP contribution >= 0.6 is 12.2 Å². The van der Waals surface area contributed by atoms with Gasteiger partial charge in [0.25, 0.3) is 0 Å². The van der Waals surface area contributed by atoms with Gasteiger partial charge in [0.1, 0.15) is 40.8 Å². The number of hydrogen-bond acceptors (Lipinski definition) is 9. The van der Waals surface area contributed by atoms with Crippen LogP contribution in [0.3, 0.4) is 0 Å². The zero-order valence-corrected chi connectivity index (χ0v) is 18.1. The molecule has 4 N–H and O–H groups in total. The number of nitrogens with zero attached hydrogens (tertiary/aromatic N) is 4. The van der Waals surface area contributed by atoms with E-state index in [-0.39, 0.29) is 10.2 Å². The van der Waals surface area contributed by atoms with Crippen molar-refractivity contribution in [3.63, 3.8) is 0 Å². The topological polar surface area (TPSA) is 144 Å². The molecule has 9 nitrogen and oxygen atoms in total. The molecular formula is C21H24N4O5S. The van der Waals surface area contributed by atoms with Crippen LogP contribution in [0.2, 0.25) is 0 Å². The van der Waals surface area contributed by atoms with Crippen LogP contribution in [0.1, 0.15) is 28.6 Å². The van der Waals surface area contributed by atoms with Gasteiger partial charge in [-0.25, -0.2) is 0 Å². The molecule has 31 heavy (non-hydrogen) atoms. The van der Waals surface area contributed by atoms with Gasteiger partial charge >= 0.3 is 0 Å². The number of azo groups is 1. The van der Waals surface area contributed by atoms with Crippen molar-refractivity contribution in [2.24, 2.45) is 10.2 Å². The van der Waals surface area contributed by atoms with Crippen molar-refractivity contribution < 1.29 is 25.2 Å². The number of aliphatic hydroxyl groups is 4. The summed E-state index contributed by atoms with van der Waals surface area (Å²) in [6.45, 7) is 4.75. The van der Waals surface area contributed by atoms with Crippen LogP contribution in [-0.2, 0) is 4.74 Å². The maximum absolute atomic E-state index is 10.6. The van der Waals surface area contributed by atoms with Crippen molar-refractivity contribution >= 4 is 23.6 Å². The SMILES string of the molecule is Cc1ccc(N=Nc2c(C)c(C#N)c(=S)n([C@H]3O[C@@H](CO)[C@@H](O)[C@@H](O)[C@H]3O)c2C)cc1. The monoisotopic (exact) mass is 444 g/mol. The van der Waals surface area contributed by atoms with Crippen LogP contribution < -0.4 is 0 Å². The summed E-state index contributed by atoms with van der Waals surface area (Å²) in [5.41, 5.74) is 3.17. The Morgan fingerprint density at radius 3 is 2.29 bits per heavy atom.